The van der Waals surface area contributed by atoms with Gasteiger partial charge in [0.2, 0.25) is 10.0 Å². The van der Waals surface area contributed by atoms with Gasteiger partial charge in [-0.3, -0.25) is 9.10 Å². The van der Waals surface area contributed by atoms with Gasteiger partial charge in [-0.2, -0.15) is 0 Å². The van der Waals surface area contributed by atoms with Gasteiger partial charge in [0.1, 0.15) is 0 Å². The van der Waals surface area contributed by atoms with E-state index in [1.54, 1.807) is 12.1 Å². The molecule has 1 amide bonds. The average Bonchev–Trinajstić information content (AvgIpc) is 3.04. The maximum atomic E-state index is 13.2. The monoisotopic (exact) mass is 399 g/mol. The molecule has 3 aliphatic heterocycles. The number of nitrogens with zero attached hydrogens (tertiary/aromatic N) is 2. The Kier molecular flexibility index (Phi) is 5.51. The molecule has 6 nitrogen and oxygen atoms in total. The highest BCUT2D eigenvalue weighted by Gasteiger charge is 2.38. The van der Waals surface area contributed by atoms with Crippen molar-refractivity contribution in [2.24, 2.45) is 0 Å². The van der Waals surface area contributed by atoms with Crippen molar-refractivity contribution in [3.05, 3.63) is 29.3 Å². The summed E-state index contributed by atoms with van der Waals surface area (Å²) in [4.78, 5) is 15.2. The van der Waals surface area contributed by atoms with Crippen LogP contribution < -0.4 is 9.62 Å². The molecular formula is C18H26ClN3O3S. The van der Waals surface area contributed by atoms with E-state index < -0.39 is 10.0 Å². The van der Waals surface area contributed by atoms with Gasteiger partial charge in [0, 0.05) is 30.7 Å². The fraction of sp³-hybridized carbons (Fsp3) is 0.611. The SMILES string of the molecule is Cc1cc(N2CCCS2(=O)=O)ccc1C(=O)N1C2CCNCC1CC2.Cl. The molecular weight excluding hydrogens is 374 g/mol. The molecule has 2 bridgehead atoms. The fourth-order valence-electron chi connectivity index (χ4n) is 4.43. The largest absolute Gasteiger partial charge is 0.331 e. The number of fused-ring (bicyclic) bond motifs is 2. The van der Waals surface area contributed by atoms with Gasteiger partial charge in [-0.05, 0) is 62.9 Å². The standard InChI is InChI=1S/C18H25N3O3S.ClH/c1-13-11-15(20-9-2-10-25(20,23)24)5-6-17(13)18(22)21-14-3-4-16(21)12-19-8-7-14;/h5-6,11,14,16,19H,2-4,7-10,12H2,1H3;1H. The molecule has 2 atom stereocenters. The van der Waals surface area contributed by atoms with Crippen LogP contribution in [0.25, 0.3) is 0 Å². The highest BCUT2D eigenvalue weighted by molar-refractivity contribution is 7.93. The van der Waals surface area contributed by atoms with Crippen LogP contribution in [0, 0.1) is 6.92 Å². The van der Waals surface area contributed by atoms with Crippen LogP contribution in [0.1, 0.15) is 41.6 Å². The predicted octanol–water partition coefficient (Wildman–Crippen LogP) is 1.92. The second kappa shape index (κ2) is 7.37. The van der Waals surface area contributed by atoms with Crippen molar-refractivity contribution >= 4 is 34.0 Å². The van der Waals surface area contributed by atoms with Crippen molar-refractivity contribution in [2.45, 2.75) is 44.7 Å². The highest BCUT2D eigenvalue weighted by Crippen LogP contribution is 2.32. The molecule has 0 aromatic heterocycles. The number of hydrogen-bond donors (Lipinski definition) is 1. The van der Waals surface area contributed by atoms with Crippen LogP contribution in [0.3, 0.4) is 0 Å². The smallest absolute Gasteiger partial charge is 0.254 e. The second-order valence-corrected chi connectivity index (χ2v) is 9.34. The first-order valence-electron chi connectivity index (χ1n) is 9.12. The number of benzene rings is 1. The minimum atomic E-state index is -3.19. The van der Waals surface area contributed by atoms with Crippen LogP contribution in [-0.2, 0) is 10.0 Å². The molecule has 3 fully saturated rings. The van der Waals surface area contributed by atoms with Crippen LogP contribution in [-0.4, -0.2) is 56.7 Å². The molecule has 1 aromatic carbocycles. The van der Waals surface area contributed by atoms with Crippen LogP contribution in [0.4, 0.5) is 5.69 Å². The fourth-order valence-corrected chi connectivity index (χ4v) is 5.98. The molecule has 0 saturated carbocycles. The van der Waals surface area contributed by atoms with Crippen molar-refractivity contribution in [3.63, 3.8) is 0 Å². The number of aryl methyl sites for hydroxylation is 1. The molecule has 0 aliphatic carbocycles. The van der Waals surface area contributed by atoms with E-state index >= 15 is 0 Å². The van der Waals surface area contributed by atoms with Gasteiger partial charge >= 0.3 is 0 Å². The van der Waals surface area contributed by atoms with E-state index in [9.17, 15) is 13.2 Å². The van der Waals surface area contributed by atoms with Gasteiger partial charge in [0.15, 0.2) is 0 Å². The summed E-state index contributed by atoms with van der Waals surface area (Å²) in [6.45, 7) is 4.26. The summed E-state index contributed by atoms with van der Waals surface area (Å²) in [5.41, 5.74) is 2.22. The summed E-state index contributed by atoms with van der Waals surface area (Å²) in [7, 11) is -3.19. The van der Waals surface area contributed by atoms with E-state index in [1.807, 2.05) is 13.0 Å². The van der Waals surface area contributed by atoms with Gasteiger partial charge in [-0.1, -0.05) is 0 Å². The van der Waals surface area contributed by atoms with Crippen molar-refractivity contribution in [2.75, 3.05) is 29.7 Å². The third kappa shape index (κ3) is 3.32. The second-order valence-electron chi connectivity index (χ2n) is 7.33. The molecule has 144 valence electrons. The van der Waals surface area contributed by atoms with Crippen LogP contribution in [0.2, 0.25) is 0 Å². The predicted molar refractivity (Wildman–Crippen MR) is 105 cm³/mol. The third-order valence-electron chi connectivity index (χ3n) is 5.72. The molecule has 2 unspecified atom stereocenters. The molecule has 26 heavy (non-hydrogen) atoms. The maximum absolute atomic E-state index is 13.2. The summed E-state index contributed by atoms with van der Waals surface area (Å²) in [6.07, 6.45) is 3.81. The average molecular weight is 400 g/mol. The Morgan fingerprint density at radius 3 is 2.65 bits per heavy atom. The molecule has 3 saturated heterocycles. The number of sulfonamides is 1. The number of nitrogens with one attached hydrogen (secondary N) is 1. The Balaban J connectivity index is 0.00000196. The minimum Gasteiger partial charge on any atom is -0.331 e. The lowest BCUT2D eigenvalue weighted by molar-refractivity contribution is 0.0679. The molecule has 8 heteroatoms. The third-order valence-corrected chi connectivity index (χ3v) is 7.59. The minimum absolute atomic E-state index is 0. The van der Waals surface area contributed by atoms with Gasteiger partial charge < -0.3 is 10.2 Å². The van der Waals surface area contributed by atoms with Gasteiger partial charge in [0.25, 0.3) is 5.91 Å². The molecule has 3 heterocycles. The molecule has 0 spiro atoms. The Morgan fingerprint density at radius 2 is 1.96 bits per heavy atom. The Morgan fingerprint density at radius 1 is 1.19 bits per heavy atom. The number of carbonyl (C=O) groups is 1. The summed E-state index contributed by atoms with van der Waals surface area (Å²) < 4.78 is 25.7. The van der Waals surface area contributed by atoms with E-state index in [0.29, 0.717) is 30.3 Å². The first-order valence-corrected chi connectivity index (χ1v) is 10.7. The van der Waals surface area contributed by atoms with E-state index in [0.717, 1.165) is 37.9 Å². The van der Waals surface area contributed by atoms with Crippen LogP contribution in [0.15, 0.2) is 18.2 Å². The van der Waals surface area contributed by atoms with E-state index in [-0.39, 0.29) is 30.1 Å². The van der Waals surface area contributed by atoms with Crippen LogP contribution >= 0.6 is 12.4 Å². The van der Waals surface area contributed by atoms with Crippen molar-refractivity contribution in [1.82, 2.24) is 10.2 Å². The Bertz CT molecular complexity index is 785. The molecule has 3 aliphatic rings. The number of carbonyl (C=O) groups excluding carboxylic acids is 1. The topological polar surface area (TPSA) is 69.7 Å². The Labute approximate surface area is 161 Å². The lowest BCUT2D eigenvalue weighted by Crippen LogP contribution is -2.42. The van der Waals surface area contributed by atoms with E-state index in [4.69, 9.17) is 0 Å². The molecule has 1 N–H and O–H groups in total. The summed E-state index contributed by atoms with van der Waals surface area (Å²) in [6, 6.07) is 6.02. The zero-order valence-corrected chi connectivity index (χ0v) is 16.6. The zero-order valence-electron chi connectivity index (χ0n) is 15.0. The number of hydrogen-bond acceptors (Lipinski definition) is 4. The Hall–Kier alpha value is -1.31. The quantitative estimate of drug-likeness (QED) is 0.824. The lowest BCUT2D eigenvalue weighted by atomic mass is 10.0. The summed E-state index contributed by atoms with van der Waals surface area (Å²) in [5.74, 6) is 0.293. The molecule has 4 rings (SSSR count). The number of anilines is 1. The van der Waals surface area contributed by atoms with Crippen molar-refractivity contribution in [1.29, 1.82) is 0 Å². The number of amides is 1. The van der Waals surface area contributed by atoms with E-state index in [1.165, 1.54) is 4.31 Å². The summed E-state index contributed by atoms with van der Waals surface area (Å²) >= 11 is 0. The first kappa shape index (κ1) is 19.5. The van der Waals surface area contributed by atoms with Crippen LogP contribution in [0.5, 0.6) is 0 Å². The van der Waals surface area contributed by atoms with Crippen molar-refractivity contribution < 1.29 is 13.2 Å². The maximum Gasteiger partial charge on any atom is 0.254 e. The number of rotatable bonds is 2. The van der Waals surface area contributed by atoms with Gasteiger partial charge in [-0.15, -0.1) is 12.4 Å². The highest BCUT2D eigenvalue weighted by atomic mass is 35.5. The first-order chi connectivity index (χ1) is 12.0. The summed E-state index contributed by atoms with van der Waals surface area (Å²) in [5, 5.41) is 3.42. The van der Waals surface area contributed by atoms with Crippen molar-refractivity contribution in [3.8, 4) is 0 Å². The molecule has 1 aromatic rings. The van der Waals surface area contributed by atoms with E-state index in [2.05, 4.69) is 10.2 Å². The van der Waals surface area contributed by atoms with Gasteiger partial charge in [0.05, 0.1) is 11.4 Å². The van der Waals surface area contributed by atoms with Gasteiger partial charge in [-0.25, -0.2) is 8.42 Å². The zero-order chi connectivity index (χ0) is 17.6. The normalized spacial score (nSPS) is 27.1. The molecule has 0 radical (unpaired) electrons. The lowest BCUT2D eigenvalue weighted by Gasteiger charge is -2.29. The number of halogens is 1.